The van der Waals surface area contributed by atoms with Crippen LogP contribution in [0.1, 0.15) is 6.42 Å². The van der Waals surface area contributed by atoms with Gasteiger partial charge in [-0.25, -0.2) is 0 Å². The Morgan fingerprint density at radius 2 is 1.75 bits per heavy atom. The molecule has 0 heterocycles. The van der Waals surface area contributed by atoms with Crippen LogP contribution in [-0.2, 0) is 0 Å². The maximum atomic E-state index is 3.52. The molecule has 0 saturated heterocycles. The molecule has 0 aliphatic rings. The number of halogens is 4. The average molecular weight is 390 g/mol. The highest BCUT2D eigenvalue weighted by Gasteiger charge is 2.03. The first-order chi connectivity index (χ1) is 3.63. The van der Waals surface area contributed by atoms with E-state index in [-0.39, 0.29) is 0 Å². The van der Waals surface area contributed by atoms with Crippen LogP contribution in [0.5, 0.6) is 0 Å². The van der Waals surface area contributed by atoms with Crippen molar-refractivity contribution >= 4 is 68.5 Å². The van der Waals surface area contributed by atoms with Crippen LogP contribution < -0.4 is 0 Å². The summed E-state index contributed by atoms with van der Waals surface area (Å²) in [6, 6.07) is 0.603. The SMILES string of the molecule is BrC(Br)CC[SiH](Br)Br. The van der Waals surface area contributed by atoms with Gasteiger partial charge < -0.3 is 0 Å². The van der Waals surface area contributed by atoms with Crippen molar-refractivity contribution in [3.63, 3.8) is 0 Å². The van der Waals surface area contributed by atoms with E-state index in [1.807, 2.05) is 0 Å². The minimum absolute atomic E-state index is 0.486. The van der Waals surface area contributed by atoms with Crippen molar-refractivity contribution < 1.29 is 0 Å². The Morgan fingerprint density at radius 3 is 1.88 bits per heavy atom. The predicted molar refractivity (Wildman–Crippen MR) is 56.1 cm³/mol. The lowest BCUT2D eigenvalue weighted by Gasteiger charge is -1.98. The van der Waals surface area contributed by atoms with Crippen molar-refractivity contribution in [2.24, 2.45) is 0 Å². The summed E-state index contributed by atoms with van der Waals surface area (Å²) in [6.45, 7) is 0. The Kier molecular flexibility index (Phi) is 7.46. The van der Waals surface area contributed by atoms with Gasteiger partial charge in [-0.3, -0.25) is 0 Å². The van der Waals surface area contributed by atoms with E-state index in [1.54, 1.807) is 0 Å². The van der Waals surface area contributed by atoms with Crippen LogP contribution >= 0.6 is 62.4 Å². The summed E-state index contributed by atoms with van der Waals surface area (Å²) in [7, 11) is 0. The zero-order valence-corrected chi connectivity index (χ0v) is 11.6. The molecule has 0 atom stereocenters. The molecule has 0 fully saturated rings. The minimum atomic E-state index is -0.662. The molecular formula is C3H6Br4Si. The van der Waals surface area contributed by atoms with E-state index in [9.17, 15) is 0 Å². The minimum Gasteiger partial charge on any atom is -0.116 e. The first-order valence-electron chi connectivity index (χ1n) is 2.19. The third-order valence-electron chi connectivity index (χ3n) is 0.603. The standard InChI is InChI=1S/C3H6Br4Si/c4-3(5)1-2-8(6)7/h3,8H,1-2H2. The van der Waals surface area contributed by atoms with Crippen molar-refractivity contribution in [2.75, 3.05) is 0 Å². The summed E-state index contributed by atoms with van der Waals surface area (Å²) < 4.78 is 0.486. The molecule has 50 valence electrons. The molecule has 0 aromatic rings. The van der Waals surface area contributed by atoms with Gasteiger partial charge in [0.15, 0.2) is 6.04 Å². The summed E-state index contributed by atoms with van der Waals surface area (Å²) >= 11 is 13.8. The summed E-state index contributed by atoms with van der Waals surface area (Å²) in [5.74, 6) is 0. The van der Waals surface area contributed by atoms with E-state index in [0.717, 1.165) is 0 Å². The molecule has 0 rings (SSSR count). The second-order valence-electron chi connectivity index (χ2n) is 1.36. The monoisotopic (exact) mass is 386 g/mol. The molecule has 0 amide bonds. The Balaban J connectivity index is 2.93. The fourth-order valence-electron chi connectivity index (χ4n) is 0.252. The maximum absolute atomic E-state index is 3.52. The molecule has 0 aliphatic heterocycles. The summed E-state index contributed by atoms with van der Waals surface area (Å²) in [5, 5.41) is 0. The molecule has 0 unspecified atom stereocenters. The van der Waals surface area contributed by atoms with Gasteiger partial charge in [-0.1, -0.05) is 31.9 Å². The number of alkyl halides is 2. The van der Waals surface area contributed by atoms with Gasteiger partial charge in [0, 0.05) is 0 Å². The highest BCUT2D eigenvalue weighted by Crippen LogP contribution is 2.20. The molecule has 0 aromatic carbocycles. The molecule has 0 radical (unpaired) electrons. The second kappa shape index (κ2) is 5.89. The Hall–Kier alpha value is 2.14. The van der Waals surface area contributed by atoms with E-state index < -0.39 is 6.04 Å². The number of rotatable bonds is 3. The molecular weight excluding hydrogens is 384 g/mol. The highest BCUT2D eigenvalue weighted by molar-refractivity contribution is 9.49. The van der Waals surface area contributed by atoms with Gasteiger partial charge >= 0.3 is 0 Å². The topological polar surface area (TPSA) is 0 Å². The van der Waals surface area contributed by atoms with Crippen LogP contribution in [0.25, 0.3) is 0 Å². The molecule has 0 aliphatic carbocycles. The van der Waals surface area contributed by atoms with E-state index in [2.05, 4.69) is 62.4 Å². The van der Waals surface area contributed by atoms with Gasteiger partial charge in [-0.15, -0.1) is 30.6 Å². The molecule has 0 N–H and O–H groups in total. The molecule has 5 heteroatoms. The third-order valence-corrected chi connectivity index (χ3v) is 5.04. The summed E-state index contributed by atoms with van der Waals surface area (Å²) in [6.07, 6.45) is 1.19. The average Bonchev–Trinajstić information content (AvgIpc) is 1.61. The maximum Gasteiger partial charge on any atom is 0.186 e. The van der Waals surface area contributed by atoms with Gasteiger partial charge in [-0.2, -0.15) is 0 Å². The first-order valence-corrected chi connectivity index (χ1v) is 11.2. The molecule has 0 spiro atoms. The van der Waals surface area contributed by atoms with E-state index in [4.69, 9.17) is 0 Å². The second-order valence-corrected chi connectivity index (χ2v) is 16.5. The Bertz CT molecular complexity index is 47.2. The zero-order valence-electron chi connectivity index (χ0n) is 4.08. The lowest BCUT2D eigenvalue weighted by molar-refractivity contribution is 1.07. The largest absolute Gasteiger partial charge is 0.186 e. The smallest absolute Gasteiger partial charge is 0.116 e. The van der Waals surface area contributed by atoms with E-state index >= 15 is 0 Å². The summed E-state index contributed by atoms with van der Waals surface area (Å²) in [4.78, 5) is 0. The van der Waals surface area contributed by atoms with Crippen molar-refractivity contribution in [1.82, 2.24) is 0 Å². The van der Waals surface area contributed by atoms with Crippen LogP contribution in [0.15, 0.2) is 0 Å². The van der Waals surface area contributed by atoms with Gasteiger partial charge in [0.1, 0.15) is 0 Å². The van der Waals surface area contributed by atoms with Gasteiger partial charge in [-0.05, 0) is 12.5 Å². The normalized spacial score (nSPS) is 11.2. The zero-order chi connectivity index (χ0) is 6.57. The molecule has 0 nitrogen and oxygen atoms in total. The van der Waals surface area contributed by atoms with Gasteiger partial charge in [0.25, 0.3) is 0 Å². The number of hydrogen-bond acceptors (Lipinski definition) is 0. The fraction of sp³-hybridized carbons (Fsp3) is 1.00. The molecule has 0 saturated carbocycles. The molecule has 0 aromatic heterocycles. The van der Waals surface area contributed by atoms with Crippen LogP contribution in [0, 0.1) is 0 Å². The number of hydrogen-bond donors (Lipinski definition) is 0. The quantitative estimate of drug-likeness (QED) is 0.394. The van der Waals surface area contributed by atoms with Crippen LogP contribution in [-0.4, -0.2) is 9.77 Å². The summed E-state index contributed by atoms with van der Waals surface area (Å²) in [5.41, 5.74) is 0. The van der Waals surface area contributed by atoms with Crippen molar-refractivity contribution in [3.05, 3.63) is 0 Å². The van der Waals surface area contributed by atoms with Crippen molar-refractivity contribution in [2.45, 2.75) is 16.2 Å². The predicted octanol–water partition coefficient (Wildman–Crippen LogP) is 3.50. The lowest BCUT2D eigenvalue weighted by Crippen LogP contribution is -1.93. The molecule has 8 heavy (non-hydrogen) atoms. The van der Waals surface area contributed by atoms with Crippen molar-refractivity contribution in [3.8, 4) is 0 Å². The van der Waals surface area contributed by atoms with E-state index in [0.29, 0.717) is 3.74 Å². The van der Waals surface area contributed by atoms with Crippen LogP contribution in [0.4, 0.5) is 0 Å². The van der Waals surface area contributed by atoms with E-state index in [1.165, 1.54) is 12.5 Å². The molecule has 0 bridgehead atoms. The van der Waals surface area contributed by atoms with Crippen LogP contribution in [0.2, 0.25) is 6.04 Å². The van der Waals surface area contributed by atoms with Gasteiger partial charge in [0.05, 0.1) is 3.74 Å². The fourth-order valence-corrected chi connectivity index (χ4v) is 3.93. The first kappa shape index (κ1) is 10.1. The Morgan fingerprint density at radius 1 is 1.25 bits per heavy atom. The van der Waals surface area contributed by atoms with Crippen molar-refractivity contribution in [1.29, 1.82) is 0 Å². The van der Waals surface area contributed by atoms with Crippen LogP contribution in [0.3, 0.4) is 0 Å². The Labute approximate surface area is 83.8 Å². The highest BCUT2D eigenvalue weighted by atomic mass is 79.9. The van der Waals surface area contributed by atoms with Gasteiger partial charge in [0.2, 0.25) is 0 Å². The lowest BCUT2D eigenvalue weighted by atomic mass is 10.6. The third kappa shape index (κ3) is 8.14.